The van der Waals surface area contributed by atoms with Gasteiger partial charge in [0.1, 0.15) is 6.29 Å². The third-order valence-electron chi connectivity index (χ3n) is 4.02. The molecule has 0 aromatic rings. The van der Waals surface area contributed by atoms with Crippen molar-refractivity contribution in [1.29, 1.82) is 0 Å². The first-order chi connectivity index (χ1) is 7.28. The summed E-state index contributed by atoms with van der Waals surface area (Å²) in [5.74, 6) is 0. The molecule has 1 heteroatoms. The van der Waals surface area contributed by atoms with Crippen molar-refractivity contribution in [3.05, 3.63) is 11.1 Å². The molecule has 0 spiro atoms. The van der Waals surface area contributed by atoms with Crippen LogP contribution in [0.5, 0.6) is 0 Å². The van der Waals surface area contributed by atoms with E-state index in [2.05, 4.69) is 20.8 Å². The zero-order chi connectivity index (χ0) is 12.4. The van der Waals surface area contributed by atoms with Crippen LogP contribution in [-0.2, 0) is 4.79 Å². The molecule has 92 valence electrons. The maximum atomic E-state index is 10.9. The van der Waals surface area contributed by atoms with Gasteiger partial charge in [-0.2, -0.15) is 0 Å². The highest BCUT2D eigenvalue weighted by Crippen LogP contribution is 2.43. The van der Waals surface area contributed by atoms with Crippen LogP contribution in [0, 0.1) is 10.8 Å². The smallest absolute Gasteiger partial charge is 0.125 e. The van der Waals surface area contributed by atoms with E-state index in [1.54, 1.807) is 11.1 Å². The van der Waals surface area contributed by atoms with E-state index in [-0.39, 0.29) is 5.41 Å². The minimum Gasteiger partial charge on any atom is -0.303 e. The number of carbonyl (C=O) groups is 1. The fourth-order valence-corrected chi connectivity index (χ4v) is 2.73. The Bertz CT molecular complexity index is 295. The van der Waals surface area contributed by atoms with Gasteiger partial charge in [0, 0.05) is 5.41 Å². The van der Waals surface area contributed by atoms with E-state index in [0.29, 0.717) is 5.41 Å². The van der Waals surface area contributed by atoms with Crippen LogP contribution in [-0.4, -0.2) is 6.29 Å². The molecule has 0 saturated heterocycles. The van der Waals surface area contributed by atoms with Crippen molar-refractivity contribution in [2.75, 3.05) is 0 Å². The van der Waals surface area contributed by atoms with Crippen LogP contribution < -0.4 is 0 Å². The molecule has 0 heterocycles. The molecule has 1 aliphatic rings. The first kappa shape index (κ1) is 13.5. The molecule has 1 aliphatic carbocycles. The molecule has 0 aromatic heterocycles. The largest absolute Gasteiger partial charge is 0.303 e. The second kappa shape index (κ2) is 4.73. The summed E-state index contributed by atoms with van der Waals surface area (Å²) in [6, 6.07) is 0. The van der Waals surface area contributed by atoms with Gasteiger partial charge < -0.3 is 4.79 Å². The molecule has 16 heavy (non-hydrogen) atoms. The third kappa shape index (κ3) is 3.20. The van der Waals surface area contributed by atoms with Gasteiger partial charge in [-0.05, 0) is 44.4 Å². The van der Waals surface area contributed by atoms with E-state index in [0.717, 1.165) is 19.1 Å². The van der Waals surface area contributed by atoms with E-state index >= 15 is 0 Å². The number of hydrogen-bond donors (Lipinski definition) is 0. The van der Waals surface area contributed by atoms with Gasteiger partial charge >= 0.3 is 0 Å². The monoisotopic (exact) mass is 222 g/mol. The molecule has 1 rings (SSSR count). The zero-order valence-corrected chi connectivity index (χ0v) is 11.5. The van der Waals surface area contributed by atoms with E-state index in [9.17, 15) is 4.79 Å². The van der Waals surface area contributed by atoms with E-state index in [4.69, 9.17) is 0 Å². The van der Waals surface area contributed by atoms with Crippen LogP contribution in [0.2, 0.25) is 0 Å². The first-order valence-corrected chi connectivity index (χ1v) is 6.44. The first-order valence-electron chi connectivity index (χ1n) is 6.44. The molecule has 0 amide bonds. The van der Waals surface area contributed by atoms with Crippen LogP contribution in [0.4, 0.5) is 0 Å². The van der Waals surface area contributed by atoms with Crippen molar-refractivity contribution in [3.8, 4) is 0 Å². The van der Waals surface area contributed by atoms with Gasteiger partial charge in [0.05, 0.1) is 0 Å². The highest BCUT2D eigenvalue weighted by molar-refractivity contribution is 5.57. The predicted octanol–water partition coefficient (Wildman–Crippen LogP) is 4.52. The summed E-state index contributed by atoms with van der Waals surface area (Å²) in [6.07, 6.45) is 7.02. The summed E-state index contributed by atoms with van der Waals surface area (Å²) >= 11 is 0. The van der Waals surface area contributed by atoms with Gasteiger partial charge in [0.15, 0.2) is 0 Å². The molecule has 0 fully saturated rings. The van der Waals surface area contributed by atoms with Crippen molar-refractivity contribution in [2.24, 2.45) is 10.8 Å². The topological polar surface area (TPSA) is 17.1 Å². The van der Waals surface area contributed by atoms with Crippen molar-refractivity contribution < 1.29 is 4.79 Å². The fraction of sp³-hybridized carbons (Fsp3) is 0.800. The van der Waals surface area contributed by atoms with Crippen LogP contribution in [0.15, 0.2) is 11.1 Å². The van der Waals surface area contributed by atoms with E-state index in [1.807, 2.05) is 13.8 Å². The summed E-state index contributed by atoms with van der Waals surface area (Å²) in [5.41, 5.74) is 3.36. The molecule has 0 N–H and O–H groups in total. The third-order valence-corrected chi connectivity index (χ3v) is 4.02. The Balaban J connectivity index is 2.75. The van der Waals surface area contributed by atoms with E-state index in [1.165, 1.54) is 19.3 Å². The molecule has 0 aromatic carbocycles. The Kier molecular flexibility index (Phi) is 3.98. The minimum absolute atomic E-state index is 0.166. The molecule has 0 unspecified atom stereocenters. The number of rotatable bonds is 4. The van der Waals surface area contributed by atoms with Crippen LogP contribution in [0.1, 0.15) is 66.7 Å². The Morgan fingerprint density at radius 1 is 1.38 bits per heavy atom. The number of allylic oxidation sites excluding steroid dienone is 2. The standard InChI is InChI=1S/C15H26O/c1-12-7-6-9-15(4,5)13(12)8-10-14(2,3)11-16/h11H,6-10H2,1-5H3. The molecule has 0 radical (unpaired) electrons. The number of aldehydes is 1. The summed E-state index contributed by atoms with van der Waals surface area (Å²) in [6.45, 7) is 11.0. The molecule has 0 saturated carbocycles. The van der Waals surface area contributed by atoms with Crippen molar-refractivity contribution in [2.45, 2.75) is 66.7 Å². The minimum atomic E-state index is -0.166. The average molecular weight is 222 g/mol. The predicted molar refractivity (Wildman–Crippen MR) is 69.4 cm³/mol. The second-order valence-corrected chi connectivity index (χ2v) is 6.60. The molecule has 0 bridgehead atoms. The normalized spacial score (nSPS) is 21.1. The molecular weight excluding hydrogens is 196 g/mol. The van der Waals surface area contributed by atoms with Gasteiger partial charge in [0.25, 0.3) is 0 Å². The van der Waals surface area contributed by atoms with Crippen molar-refractivity contribution in [3.63, 3.8) is 0 Å². The van der Waals surface area contributed by atoms with Crippen molar-refractivity contribution in [1.82, 2.24) is 0 Å². The lowest BCUT2D eigenvalue weighted by molar-refractivity contribution is -0.114. The average Bonchev–Trinajstić information content (AvgIpc) is 2.16. The lowest BCUT2D eigenvalue weighted by Gasteiger charge is -2.35. The van der Waals surface area contributed by atoms with Crippen LogP contribution in [0.3, 0.4) is 0 Å². The lowest BCUT2D eigenvalue weighted by atomic mass is 9.70. The maximum Gasteiger partial charge on any atom is 0.125 e. The summed E-state index contributed by atoms with van der Waals surface area (Å²) < 4.78 is 0. The van der Waals surface area contributed by atoms with Gasteiger partial charge in [-0.1, -0.05) is 38.8 Å². The van der Waals surface area contributed by atoms with Crippen LogP contribution >= 0.6 is 0 Å². The highest BCUT2D eigenvalue weighted by Gasteiger charge is 2.29. The zero-order valence-electron chi connectivity index (χ0n) is 11.5. The maximum absolute atomic E-state index is 10.9. The number of carbonyl (C=O) groups excluding carboxylic acids is 1. The Labute approximate surface area is 100 Å². The Morgan fingerprint density at radius 2 is 2.00 bits per heavy atom. The second-order valence-electron chi connectivity index (χ2n) is 6.60. The lowest BCUT2D eigenvalue weighted by Crippen LogP contribution is -2.22. The van der Waals surface area contributed by atoms with Crippen molar-refractivity contribution >= 4 is 6.29 Å². The molecule has 0 aliphatic heterocycles. The Morgan fingerprint density at radius 3 is 2.50 bits per heavy atom. The Hall–Kier alpha value is -0.590. The van der Waals surface area contributed by atoms with E-state index < -0.39 is 0 Å². The number of hydrogen-bond acceptors (Lipinski definition) is 1. The summed E-state index contributed by atoms with van der Waals surface area (Å²) in [4.78, 5) is 10.9. The fourth-order valence-electron chi connectivity index (χ4n) is 2.73. The molecule has 0 atom stereocenters. The highest BCUT2D eigenvalue weighted by atomic mass is 16.1. The van der Waals surface area contributed by atoms with Crippen LogP contribution in [0.25, 0.3) is 0 Å². The SMILES string of the molecule is CC1=C(CCC(C)(C)C=O)C(C)(C)CCC1. The molecule has 1 nitrogen and oxygen atoms in total. The summed E-state index contributed by atoms with van der Waals surface area (Å²) in [7, 11) is 0. The quantitative estimate of drug-likeness (QED) is 0.505. The summed E-state index contributed by atoms with van der Waals surface area (Å²) in [5, 5.41) is 0. The van der Waals surface area contributed by atoms with Gasteiger partial charge in [-0.25, -0.2) is 0 Å². The van der Waals surface area contributed by atoms with Gasteiger partial charge in [-0.15, -0.1) is 0 Å². The molecular formula is C15H26O. The van der Waals surface area contributed by atoms with Gasteiger partial charge in [-0.3, -0.25) is 0 Å². The van der Waals surface area contributed by atoms with Gasteiger partial charge in [0.2, 0.25) is 0 Å².